The van der Waals surface area contributed by atoms with Crippen LogP contribution in [0.2, 0.25) is 0 Å². The number of nitrogen functional groups attached to an aromatic ring is 1. The van der Waals surface area contributed by atoms with E-state index in [1.54, 1.807) is 12.3 Å². The second-order valence-corrected chi connectivity index (χ2v) is 5.79. The number of ether oxygens (including phenoxy) is 1. The quantitative estimate of drug-likeness (QED) is 0.865. The number of carbonyl (C=O) groups is 1. The van der Waals surface area contributed by atoms with Crippen LogP contribution in [0.3, 0.4) is 0 Å². The van der Waals surface area contributed by atoms with Gasteiger partial charge in [-0.1, -0.05) is 17.7 Å². The molecule has 2 aromatic rings. The minimum absolute atomic E-state index is 0.310. The summed E-state index contributed by atoms with van der Waals surface area (Å²) >= 11 is 1.38. The molecule has 0 bridgehead atoms. The molecule has 0 aliphatic rings. The van der Waals surface area contributed by atoms with Crippen LogP contribution in [0.4, 0.5) is 5.00 Å². The maximum absolute atomic E-state index is 12.1. The predicted molar refractivity (Wildman–Crippen MR) is 84.3 cm³/mol. The van der Waals surface area contributed by atoms with Crippen molar-refractivity contribution in [2.24, 2.45) is 0 Å². The molecule has 1 heterocycles. The number of aryl methyl sites for hydroxylation is 3. The summed E-state index contributed by atoms with van der Waals surface area (Å²) < 4.78 is 5.12. The third-order valence-electron chi connectivity index (χ3n) is 3.24. The van der Waals surface area contributed by atoms with Crippen LogP contribution in [-0.4, -0.2) is 12.6 Å². The van der Waals surface area contributed by atoms with Gasteiger partial charge in [0, 0.05) is 10.9 Å². The van der Waals surface area contributed by atoms with Crippen LogP contribution < -0.4 is 5.73 Å². The first-order chi connectivity index (χ1) is 9.45. The fourth-order valence-corrected chi connectivity index (χ4v) is 3.35. The SMILES string of the molecule is CCOC(=O)c1csc(N)c1-c1c(C)cc(C)cc1C. The molecule has 0 radical (unpaired) electrons. The summed E-state index contributed by atoms with van der Waals surface area (Å²) in [5.74, 6) is -0.310. The van der Waals surface area contributed by atoms with Crippen molar-refractivity contribution >= 4 is 22.3 Å². The van der Waals surface area contributed by atoms with Crippen molar-refractivity contribution in [2.75, 3.05) is 12.3 Å². The number of anilines is 1. The molecule has 106 valence electrons. The van der Waals surface area contributed by atoms with Gasteiger partial charge in [-0.3, -0.25) is 0 Å². The van der Waals surface area contributed by atoms with E-state index < -0.39 is 0 Å². The van der Waals surface area contributed by atoms with Gasteiger partial charge in [0.05, 0.1) is 17.2 Å². The Morgan fingerprint density at radius 2 is 1.80 bits per heavy atom. The summed E-state index contributed by atoms with van der Waals surface area (Å²) in [4.78, 5) is 12.1. The summed E-state index contributed by atoms with van der Waals surface area (Å²) in [6, 6.07) is 4.21. The molecule has 0 spiro atoms. The van der Waals surface area contributed by atoms with E-state index in [9.17, 15) is 4.79 Å². The number of nitrogens with two attached hydrogens (primary N) is 1. The number of esters is 1. The normalized spacial score (nSPS) is 10.6. The Morgan fingerprint density at radius 3 is 2.35 bits per heavy atom. The highest BCUT2D eigenvalue weighted by Gasteiger charge is 2.21. The zero-order valence-electron chi connectivity index (χ0n) is 12.2. The third-order valence-corrected chi connectivity index (χ3v) is 4.05. The minimum Gasteiger partial charge on any atom is -0.462 e. The van der Waals surface area contributed by atoms with Gasteiger partial charge in [0.1, 0.15) is 0 Å². The van der Waals surface area contributed by atoms with Crippen LogP contribution in [0.15, 0.2) is 17.5 Å². The van der Waals surface area contributed by atoms with Crippen LogP contribution in [0.25, 0.3) is 11.1 Å². The Kier molecular flexibility index (Phi) is 4.14. The van der Waals surface area contributed by atoms with E-state index in [2.05, 4.69) is 19.1 Å². The van der Waals surface area contributed by atoms with Gasteiger partial charge >= 0.3 is 5.97 Å². The molecule has 0 unspecified atom stereocenters. The number of benzene rings is 1. The van der Waals surface area contributed by atoms with Gasteiger partial charge < -0.3 is 10.5 Å². The largest absolute Gasteiger partial charge is 0.462 e. The van der Waals surface area contributed by atoms with Crippen molar-refractivity contribution in [3.63, 3.8) is 0 Å². The van der Waals surface area contributed by atoms with Crippen LogP contribution in [0, 0.1) is 20.8 Å². The van der Waals surface area contributed by atoms with Crippen molar-refractivity contribution in [3.8, 4) is 11.1 Å². The van der Waals surface area contributed by atoms with Gasteiger partial charge in [-0.15, -0.1) is 11.3 Å². The van der Waals surface area contributed by atoms with Crippen molar-refractivity contribution in [2.45, 2.75) is 27.7 Å². The number of carbonyl (C=O) groups excluding carboxylic acids is 1. The maximum Gasteiger partial charge on any atom is 0.339 e. The Balaban J connectivity index is 2.64. The van der Waals surface area contributed by atoms with E-state index in [-0.39, 0.29) is 5.97 Å². The first-order valence-corrected chi connectivity index (χ1v) is 7.46. The number of hydrogen-bond donors (Lipinski definition) is 1. The molecule has 4 heteroatoms. The average Bonchev–Trinajstić information content (AvgIpc) is 2.71. The Hall–Kier alpha value is -1.81. The number of thiophene rings is 1. The van der Waals surface area contributed by atoms with E-state index >= 15 is 0 Å². The molecule has 20 heavy (non-hydrogen) atoms. The van der Waals surface area contributed by atoms with E-state index in [1.165, 1.54) is 16.9 Å². The molecule has 0 fully saturated rings. The highest BCUT2D eigenvalue weighted by molar-refractivity contribution is 7.15. The summed E-state index contributed by atoms with van der Waals surface area (Å²) in [7, 11) is 0. The highest BCUT2D eigenvalue weighted by Crippen LogP contribution is 2.39. The van der Waals surface area contributed by atoms with Crippen LogP contribution in [0.5, 0.6) is 0 Å². The smallest absolute Gasteiger partial charge is 0.339 e. The van der Waals surface area contributed by atoms with Crippen LogP contribution in [-0.2, 0) is 4.74 Å². The van der Waals surface area contributed by atoms with Crippen LogP contribution in [0.1, 0.15) is 34.0 Å². The lowest BCUT2D eigenvalue weighted by Crippen LogP contribution is -2.06. The van der Waals surface area contributed by atoms with Gasteiger partial charge in [-0.2, -0.15) is 0 Å². The Bertz CT molecular complexity index is 635. The molecule has 0 atom stereocenters. The molecule has 0 amide bonds. The average molecular weight is 289 g/mol. The monoisotopic (exact) mass is 289 g/mol. The van der Waals surface area contributed by atoms with E-state index in [4.69, 9.17) is 10.5 Å². The van der Waals surface area contributed by atoms with Gasteiger partial charge in [0.25, 0.3) is 0 Å². The van der Waals surface area contributed by atoms with Gasteiger partial charge in [0.15, 0.2) is 0 Å². The van der Waals surface area contributed by atoms with Gasteiger partial charge in [0.2, 0.25) is 0 Å². The van der Waals surface area contributed by atoms with Crippen molar-refractivity contribution in [1.29, 1.82) is 0 Å². The van der Waals surface area contributed by atoms with Gasteiger partial charge in [-0.05, 0) is 44.4 Å². The minimum atomic E-state index is -0.310. The highest BCUT2D eigenvalue weighted by atomic mass is 32.1. The first-order valence-electron chi connectivity index (χ1n) is 6.58. The number of rotatable bonds is 3. The number of hydrogen-bond acceptors (Lipinski definition) is 4. The molecule has 2 rings (SSSR count). The molecule has 0 saturated carbocycles. The van der Waals surface area contributed by atoms with Crippen molar-refractivity contribution < 1.29 is 9.53 Å². The molecule has 2 N–H and O–H groups in total. The molecular weight excluding hydrogens is 270 g/mol. The van der Waals surface area contributed by atoms with Crippen LogP contribution >= 0.6 is 11.3 Å². The molecule has 1 aromatic heterocycles. The lowest BCUT2D eigenvalue weighted by molar-refractivity contribution is 0.0528. The second-order valence-electron chi connectivity index (χ2n) is 4.88. The fraction of sp³-hybridized carbons (Fsp3) is 0.312. The second kappa shape index (κ2) is 5.67. The molecule has 0 aliphatic heterocycles. The topological polar surface area (TPSA) is 52.3 Å². The lowest BCUT2D eigenvalue weighted by Gasteiger charge is -2.13. The van der Waals surface area contributed by atoms with Crippen molar-refractivity contribution in [1.82, 2.24) is 0 Å². The zero-order valence-corrected chi connectivity index (χ0v) is 13.1. The first kappa shape index (κ1) is 14.6. The van der Waals surface area contributed by atoms with Gasteiger partial charge in [-0.25, -0.2) is 4.79 Å². The molecule has 1 aromatic carbocycles. The fourth-order valence-electron chi connectivity index (χ4n) is 2.56. The molecular formula is C16H19NO2S. The third kappa shape index (κ3) is 2.56. The van der Waals surface area contributed by atoms with E-state index in [0.29, 0.717) is 17.2 Å². The zero-order chi connectivity index (χ0) is 14.9. The summed E-state index contributed by atoms with van der Waals surface area (Å²) in [5.41, 5.74) is 12.0. The molecule has 0 saturated heterocycles. The molecule has 3 nitrogen and oxygen atoms in total. The summed E-state index contributed by atoms with van der Waals surface area (Å²) in [5, 5.41) is 2.43. The summed E-state index contributed by atoms with van der Waals surface area (Å²) in [6.45, 7) is 8.31. The van der Waals surface area contributed by atoms with E-state index in [1.807, 2.05) is 13.8 Å². The maximum atomic E-state index is 12.1. The lowest BCUT2D eigenvalue weighted by atomic mass is 9.93. The predicted octanol–water partition coefficient (Wildman–Crippen LogP) is 4.10. The standard InChI is InChI=1S/C16H19NO2S/c1-5-19-16(18)12-8-20-15(17)14(12)13-10(3)6-9(2)7-11(13)4/h6-8H,5,17H2,1-4H3. The van der Waals surface area contributed by atoms with E-state index in [0.717, 1.165) is 22.3 Å². The Morgan fingerprint density at radius 1 is 1.20 bits per heavy atom. The summed E-state index contributed by atoms with van der Waals surface area (Å²) in [6.07, 6.45) is 0. The molecule has 0 aliphatic carbocycles. The van der Waals surface area contributed by atoms with Crippen molar-refractivity contribution in [3.05, 3.63) is 39.8 Å². The Labute approximate surface area is 123 Å².